The van der Waals surface area contributed by atoms with Crippen LogP contribution in [-0.2, 0) is 9.59 Å². The first kappa shape index (κ1) is 14.7. The van der Waals surface area contributed by atoms with E-state index in [4.69, 9.17) is 4.74 Å². The standard InChI is InChI=1S/C19H18N2O4/c1-25-10-4-2-9(3-5-10)17(22)20-21-18(23)15-11-6-7-12(14-8-13(11)14)16(15)19(21)24/h2-7,11-16H,8H2,1H3,(H,20,22)/t11-,12-,13-,14-,15+,16+/m1/s1. The molecule has 1 saturated heterocycles. The van der Waals surface area contributed by atoms with Crippen molar-refractivity contribution in [3.05, 3.63) is 42.0 Å². The second-order valence-electron chi connectivity index (χ2n) is 7.34. The van der Waals surface area contributed by atoms with Crippen molar-refractivity contribution in [3.63, 3.8) is 0 Å². The highest BCUT2D eigenvalue weighted by Crippen LogP contribution is 2.65. The van der Waals surface area contributed by atoms with E-state index in [-0.39, 0.29) is 35.5 Å². The number of allylic oxidation sites excluding steroid dienone is 2. The van der Waals surface area contributed by atoms with Crippen molar-refractivity contribution in [2.75, 3.05) is 7.11 Å². The molecular formula is C19H18N2O4. The van der Waals surface area contributed by atoms with Crippen molar-refractivity contribution in [1.82, 2.24) is 10.4 Å². The second-order valence-corrected chi connectivity index (χ2v) is 7.34. The lowest BCUT2D eigenvalue weighted by atomic mass is 9.63. The smallest absolute Gasteiger partial charge is 0.270 e. The first-order valence-electron chi connectivity index (χ1n) is 8.61. The van der Waals surface area contributed by atoms with E-state index in [1.54, 1.807) is 31.4 Å². The van der Waals surface area contributed by atoms with Crippen molar-refractivity contribution < 1.29 is 19.1 Å². The topological polar surface area (TPSA) is 75.7 Å². The average Bonchev–Trinajstić information content (AvgIpc) is 3.43. The van der Waals surface area contributed by atoms with Gasteiger partial charge >= 0.3 is 0 Å². The van der Waals surface area contributed by atoms with Crippen LogP contribution in [0.2, 0.25) is 0 Å². The molecular weight excluding hydrogens is 320 g/mol. The van der Waals surface area contributed by atoms with E-state index in [9.17, 15) is 14.4 Å². The van der Waals surface area contributed by atoms with Crippen LogP contribution in [-0.4, -0.2) is 29.8 Å². The normalized spacial score (nSPS) is 36.9. The van der Waals surface area contributed by atoms with Crippen LogP contribution in [0, 0.1) is 35.5 Å². The van der Waals surface area contributed by atoms with Crippen LogP contribution in [0.1, 0.15) is 16.8 Å². The van der Waals surface area contributed by atoms with Crippen molar-refractivity contribution in [3.8, 4) is 5.75 Å². The third-order valence-electron chi connectivity index (χ3n) is 6.23. The van der Waals surface area contributed by atoms with Crippen molar-refractivity contribution >= 4 is 17.7 Å². The minimum absolute atomic E-state index is 0.152. The first-order valence-corrected chi connectivity index (χ1v) is 8.61. The maximum Gasteiger partial charge on any atom is 0.270 e. The Morgan fingerprint density at radius 1 is 1.04 bits per heavy atom. The number of hydrogen-bond acceptors (Lipinski definition) is 4. The Bertz CT molecular complexity index is 779. The molecule has 2 bridgehead atoms. The van der Waals surface area contributed by atoms with Gasteiger partial charge in [-0.1, -0.05) is 12.2 Å². The molecule has 1 heterocycles. The number of ether oxygens (including phenoxy) is 1. The van der Waals surface area contributed by atoms with Gasteiger partial charge in [0.15, 0.2) is 0 Å². The number of hydrazine groups is 1. The number of imide groups is 1. The third kappa shape index (κ3) is 1.94. The van der Waals surface area contributed by atoms with Gasteiger partial charge in [0, 0.05) is 5.56 Å². The summed E-state index contributed by atoms with van der Waals surface area (Å²) in [5.41, 5.74) is 2.89. The van der Waals surface area contributed by atoms with Crippen molar-refractivity contribution in [2.24, 2.45) is 35.5 Å². The molecule has 4 aliphatic carbocycles. The number of carbonyl (C=O) groups excluding carboxylic acids is 3. The summed E-state index contributed by atoms with van der Waals surface area (Å²) in [5.74, 6) is 0.438. The number of nitrogens with one attached hydrogen (secondary N) is 1. The average molecular weight is 338 g/mol. The highest BCUT2D eigenvalue weighted by atomic mass is 16.5. The van der Waals surface area contributed by atoms with Crippen LogP contribution >= 0.6 is 0 Å². The molecule has 0 unspecified atom stereocenters. The zero-order valence-electron chi connectivity index (χ0n) is 13.7. The molecule has 1 aromatic rings. The number of amides is 3. The fraction of sp³-hybridized carbons (Fsp3) is 0.421. The van der Waals surface area contributed by atoms with Gasteiger partial charge in [0.1, 0.15) is 5.75 Å². The van der Waals surface area contributed by atoms with E-state index in [2.05, 4.69) is 17.6 Å². The lowest BCUT2D eigenvalue weighted by Crippen LogP contribution is -2.46. The predicted molar refractivity (Wildman–Crippen MR) is 87.0 cm³/mol. The van der Waals surface area contributed by atoms with E-state index < -0.39 is 5.91 Å². The van der Waals surface area contributed by atoms with Crippen LogP contribution in [0.4, 0.5) is 0 Å². The number of rotatable bonds is 3. The predicted octanol–water partition coefficient (Wildman–Crippen LogP) is 1.39. The summed E-state index contributed by atoms with van der Waals surface area (Å²) in [4.78, 5) is 38.1. The Balaban J connectivity index is 1.37. The van der Waals surface area contributed by atoms with Gasteiger partial charge in [-0.25, -0.2) is 0 Å². The van der Waals surface area contributed by atoms with Gasteiger partial charge in [-0.15, -0.1) is 0 Å². The van der Waals surface area contributed by atoms with Gasteiger partial charge in [0.2, 0.25) is 0 Å². The molecule has 3 fully saturated rings. The van der Waals surface area contributed by atoms with E-state index in [0.29, 0.717) is 23.1 Å². The summed E-state index contributed by atoms with van der Waals surface area (Å²) < 4.78 is 5.07. The van der Waals surface area contributed by atoms with Gasteiger partial charge in [-0.3, -0.25) is 19.8 Å². The molecule has 3 amide bonds. The van der Waals surface area contributed by atoms with E-state index in [1.165, 1.54) is 0 Å². The number of nitrogens with zero attached hydrogens (tertiary/aromatic N) is 1. The molecule has 1 aromatic carbocycles. The lowest BCUT2D eigenvalue weighted by Gasteiger charge is -2.37. The quantitative estimate of drug-likeness (QED) is 0.668. The Morgan fingerprint density at radius 3 is 2.12 bits per heavy atom. The Morgan fingerprint density at radius 2 is 1.60 bits per heavy atom. The highest BCUT2D eigenvalue weighted by Gasteiger charge is 2.67. The number of benzene rings is 1. The molecule has 0 spiro atoms. The minimum atomic E-state index is -0.464. The van der Waals surface area contributed by atoms with E-state index in [0.717, 1.165) is 11.4 Å². The van der Waals surface area contributed by atoms with E-state index >= 15 is 0 Å². The fourth-order valence-corrected chi connectivity index (χ4v) is 4.98. The Kier molecular flexibility index (Phi) is 2.90. The molecule has 128 valence electrons. The highest BCUT2D eigenvalue weighted by molar-refractivity contribution is 6.08. The Hall–Kier alpha value is -2.63. The summed E-state index contributed by atoms with van der Waals surface area (Å²) >= 11 is 0. The van der Waals surface area contributed by atoms with Crippen LogP contribution in [0.5, 0.6) is 5.75 Å². The van der Waals surface area contributed by atoms with Crippen LogP contribution in [0.25, 0.3) is 0 Å². The molecule has 1 N–H and O–H groups in total. The molecule has 6 atom stereocenters. The van der Waals surface area contributed by atoms with Gasteiger partial charge in [-0.05, 0) is 54.4 Å². The molecule has 6 rings (SSSR count). The lowest BCUT2D eigenvalue weighted by molar-refractivity contribution is -0.143. The molecule has 6 heteroatoms. The molecule has 6 nitrogen and oxygen atoms in total. The zero-order chi connectivity index (χ0) is 17.3. The Labute approximate surface area is 144 Å². The zero-order valence-corrected chi connectivity index (χ0v) is 13.7. The van der Waals surface area contributed by atoms with Crippen molar-refractivity contribution in [1.29, 1.82) is 0 Å². The largest absolute Gasteiger partial charge is 0.497 e. The van der Waals surface area contributed by atoms with Crippen LogP contribution in [0.15, 0.2) is 36.4 Å². The summed E-state index contributed by atoms with van der Waals surface area (Å²) in [7, 11) is 1.55. The van der Waals surface area contributed by atoms with Crippen molar-refractivity contribution in [2.45, 2.75) is 6.42 Å². The summed E-state index contributed by atoms with van der Waals surface area (Å²) in [5, 5.41) is 0.958. The van der Waals surface area contributed by atoms with Gasteiger partial charge in [0.25, 0.3) is 17.7 Å². The minimum Gasteiger partial charge on any atom is -0.497 e. The van der Waals surface area contributed by atoms with Crippen LogP contribution < -0.4 is 10.2 Å². The molecule has 0 aromatic heterocycles. The van der Waals surface area contributed by atoms with Gasteiger partial charge in [-0.2, -0.15) is 5.01 Å². The van der Waals surface area contributed by atoms with E-state index in [1.807, 2.05) is 0 Å². The SMILES string of the molecule is COc1ccc(C(=O)NN2C(=O)[C@H]3[C@@H]4C=C[C@H]([C@H]5C[C@H]45)[C@@H]3C2=O)cc1. The monoisotopic (exact) mass is 338 g/mol. The second kappa shape index (κ2) is 4.94. The number of methoxy groups -OCH3 is 1. The summed E-state index contributed by atoms with van der Waals surface area (Å²) in [6.45, 7) is 0. The summed E-state index contributed by atoms with van der Waals surface area (Å²) in [6, 6.07) is 6.54. The molecule has 5 aliphatic rings. The maximum absolute atomic E-state index is 12.8. The fourth-order valence-electron chi connectivity index (χ4n) is 4.98. The molecule has 0 radical (unpaired) electrons. The molecule has 2 saturated carbocycles. The van der Waals surface area contributed by atoms with Crippen LogP contribution in [0.3, 0.4) is 0 Å². The summed E-state index contributed by atoms with van der Waals surface area (Å²) in [6.07, 6.45) is 5.34. The third-order valence-corrected chi connectivity index (χ3v) is 6.23. The molecule has 25 heavy (non-hydrogen) atoms. The molecule has 1 aliphatic heterocycles. The number of carbonyl (C=O) groups is 3. The maximum atomic E-state index is 12.8. The van der Waals surface area contributed by atoms with Gasteiger partial charge < -0.3 is 4.74 Å². The first-order chi connectivity index (χ1) is 12.1. The van der Waals surface area contributed by atoms with Gasteiger partial charge in [0.05, 0.1) is 18.9 Å². The number of hydrogen-bond donors (Lipinski definition) is 1.